The fraction of sp³-hybridized carbons (Fsp3) is 0.167. The van der Waals surface area contributed by atoms with Crippen LogP contribution in [0.4, 0.5) is 0 Å². The zero-order chi connectivity index (χ0) is 19.1. The van der Waals surface area contributed by atoms with Gasteiger partial charge in [0.15, 0.2) is 0 Å². The number of nitrogens with one attached hydrogen (secondary N) is 1. The third kappa shape index (κ3) is 3.95. The van der Waals surface area contributed by atoms with Gasteiger partial charge in [0.2, 0.25) is 0 Å². The fourth-order valence-electron chi connectivity index (χ4n) is 3.39. The lowest BCUT2D eigenvalue weighted by Gasteiger charge is -2.38. The van der Waals surface area contributed by atoms with Crippen molar-refractivity contribution in [1.82, 2.24) is 5.32 Å². The van der Waals surface area contributed by atoms with E-state index < -0.39 is 5.60 Å². The van der Waals surface area contributed by atoms with Gasteiger partial charge in [0.25, 0.3) is 0 Å². The van der Waals surface area contributed by atoms with Gasteiger partial charge in [-0.1, -0.05) is 78.9 Å². The molecular weight excluding hydrogens is 334 g/mol. The number of ether oxygens (including phenoxy) is 1. The molecule has 3 aromatic rings. The van der Waals surface area contributed by atoms with Gasteiger partial charge < -0.3 is 15.2 Å². The summed E-state index contributed by atoms with van der Waals surface area (Å²) >= 11 is 0. The van der Waals surface area contributed by atoms with Crippen LogP contribution in [0.3, 0.4) is 0 Å². The Kier molecular flexibility index (Phi) is 6.07. The highest BCUT2D eigenvalue weighted by molar-refractivity contribution is 5.42. The van der Waals surface area contributed by atoms with Crippen molar-refractivity contribution in [2.45, 2.75) is 11.6 Å². The van der Waals surface area contributed by atoms with Crippen LogP contribution in [0.25, 0.3) is 0 Å². The highest BCUT2D eigenvalue weighted by Crippen LogP contribution is 2.41. The Labute approximate surface area is 161 Å². The van der Waals surface area contributed by atoms with Crippen molar-refractivity contribution in [3.8, 4) is 5.75 Å². The second-order valence-electron chi connectivity index (χ2n) is 6.40. The number of rotatable bonds is 8. The van der Waals surface area contributed by atoms with Crippen LogP contribution in [-0.4, -0.2) is 18.8 Å². The molecule has 0 unspecified atom stereocenters. The molecule has 3 nitrogen and oxygen atoms in total. The average Bonchev–Trinajstić information content (AvgIpc) is 2.75. The van der Waals surface area contributed by atoms with Crippen molar-refractivity contribution >= 4 is 0 Å². The normalized spacial score (nSPS) is 12.4. The van der Waals surface area contributed by atoms with Gasteiger partial charge in [-0.15, -0.1) is 6.58 Å². The minimum absolute atomic E-state index is 0.369. The van der Waals surface area contributed by atoms with Crippen LogP contribution in [0.1, 0.15) is 22.7 Å². The summed E-state index contributed by atoms with van der Waals surface area (Å²) in [4.78, 5) is 0. The molecule has 2 N–H and O–H groups in total. The molecule has 0 aliphatic rings. The van der Waals surface area contributed by atoms with Crippen LogP contribution in [0.2, 0.25) is 0 Å². The van der Waals surface area contributed by atoms with Crippen molar-refractivity contribution in [1.29, 1.82) is 0 Å². The van der Waals surface area contributed by atoms with E-state index in [1.807, 2.05) is 84.9 Å². The molecule has 3 aromatic carbocycles. The van der Waals surface area contributed by atoms with Gasteiger partial charge in [0.1, 0.15) is 11.4 Å². The average molecular weight is 359 g/mol. The van der Waals surface area contributed by atoms with E-state index in [4.69, 9.17) is 4.74 Å². The summed E-state index contributed by atoms with van der Waals surface area (Å²) in [7, 11) is 1.65. The van der Waals surface area contributed by atoms with Gasteiger partial charge in [0.05, 0.1) is 13.2 Å². The molecular formula is C24H25NO2. The van der Waals surface area contributed by atoms with Crippen molar-refractivity contribution in [2.24, 2.45) is 0 Å². The lowest BCUT2D eigenvalue weighted by Crippen LogP contribution is -2.43. The molecule has 0 radical (unpaired) electrons. The van der Waals surface area contributed by atoms with Crippen LogP contribution in [0, 0.1) is 0 Å². The summed E-state index contributed by atoms with van der Waals surface area (Å²) in [5.41, 5.74) is 1.37. The predicted molar refractivity (Wildman–Crippen MR) is 110 cm³/mol. The van der Waals surface area contributed by atoms with Crippen molar-refractivity contribution in [2.75, 3.05) is 13.7 Å². The van der Waals surface area contributed by atoms with Crippen LogP contribution in [0.5, 0.6) is 5.75 Å². The Bertz CT molecular complexity index is 805. The Balaban J connectivity index is 2.16. The molecule has 1 atom stereocenters. The lowest BCUT2D eigenvalue weighted by molar-refractivity contribution is 0.0376. The third-order valence-electron chi connectivity index (χ3n) is 4.76. The molecule has 0 fully saturated rings. The maximum absolute atomic E-state index is 12.1. The minimum Gasteiger partial charge on any atom is -0.497 e. The first-order chi connectivity index (χ1) is 13.2. The molecule has 0 bridgehead atoms. The SMILES string of the molecule is C=CCN[C@@H](c1ccc(OC)cc1)C(O)(c1ccccc1)c1ccccc1. The Morgan fingerprint density at radius 2 is 1.44 bits per heavy atom. The van der Waals surface area contributed by atoms with Crippen LogP contribution >= 0.6 is 0 Å². The summed E-state index contributed by atoms with van der Waals surface area (Å²) in [6, 6.07) is 26.9. The van der Waals surface area contributed by atoms with E-state index in [9.17, 15) is 5.11 Å². The van der Waals surface area contributed by atoms with E-state index in [0.29, 0.717) is 6.54 Å². The van der Waals surface area contributed by atoms with E-state index in [1.54, 1.807) is 13.2 Å². The number of methoxy groups -OCH3 is 1. The molecule has 27 heavy (non-hydrogen) atoms. The summed E-state index contributed by atoms with van der Waals surface area (Å²) < 4.78 is 5.29. The third-order valence-corrected chi connectivity index (χ3v) is 4.76. The van der Waals surface area contributed by atoms with E-state index in [1.165, 1.54) is 0 Å². The largest absolute Gasteiger partial charge is 0.497 e. The second kappa shape index (κ2) is 8.67. The molecule has 0 heterocycles. The van der Waals surface area contributed by atoms with E-state index in [-0.39, 0.29) is 6.04 Å². The molecule has 0 aromatic heterocycles. The van der Waals surface area contributed by atoms with Crippen molar-refractivity contribution < 1.29 is 9.84 Å². The molecule has 0 aliphatic heterocycles. The summed E-state index contributed by atoms with van der Waals surface area (Å²) in [6.45, 7) is 4.39. The number of aliphatic hydroxyl groups is 1. The Hall–Kier alpha value is -2.88. The fourth-order valence-corrected chi connectivity index (χ4v) is 3.39. The Morgan fingerprint density at radius 3 is 1.89 bits per heavy atom. The second-order valence-corrected chi connectivity index (χ2v) is 6.40. The van der Waals surface area contributed by atoms with Gasteiger partial charge in [-0.3, -0.25) is 0 Å². The van der Waals surface area contributed by atoms with Gasteiger partial charge >= 0.3 is 0 Å². The molecule has 3 rings (SSSR count). The molecule has 0 amide bonds. The topological polar surface area (TPSA) is 41.5 Å². The number of hydrogen-bond acceptors (Lipinski definition) is 3. The first-order valence-electron chi connectivity index (χ1n) is 9.01. The van der Waals surface area contributed by atoms with E-state index in [2.05, 4.69) is 11.9 Å². The zero-order valence-corrected chi connectivity index (χ0v) is 15.5. The molecule has 138 valence electrons. The highest BCUT2D eigenvalue weighted by atomic mass is 16.5. The molecule has 0 saturated carbocycles. The first kappa shape index (κ1) is 18.9. The highest BCUT2D eigenvalue weighted by Gasteiger charge is 2.40. The van der Waals surface area contributed by atoms with E-state index in [0.717, 1.165) is 22.4 Å². The van der Waals surface area contributed by atoms with Gasteiger partial charge in [0, 0.05) is 6.54 Å². The molecule has 0 spiro atoms. The van der Waals surface area contributed by atoms with Crippen LogP contribution in [0.15, 0.2) is 97.6 Å². The number of hydrogen-bond donors (Lipinski definition) is 2. The maximum Gasteiger partial charge on any atom is 0.134 e. The zero-order valence-electron chi connectivity index (χ0n) is 15.5. The quantitative estimate of drug-likeness (QED) is 0.584. The first-order valence-corrected chi connectivity index (χ1v) is 9.01. The van der Waals surface area contributed by atoms with E-state index >= 15 is 0 Å². The molecule has 0 aliphatic carbocycles. The van der Waals surface area contributed by atoms with Gasteiger partial charge in [-0.25, -0.2) is 0 Å². The maximum atomic E-state index is 12.1. The summed E-state index contributed by atoms with van der Waals surface area (Å²) in [5, 5.41) is 15.5. The molecule has 3 heteroatoms. The smallest absolute Gasteiger partial charge is 0.134 e. The van der Waals surface area contributed by atoms with Crippen molar-refractivity contribution in [3.05, 3.63) is 114 Å². The van der Waals surface area contributed by atoms with Crippen LogP contribution < -0.4 is 10.1 Å². The predicted octanol–water partition coefficient (Wildman–Crippen LogP) is 4.45. The summed E-state index contributed by atoms with van der Waals surface area (Å²) in [6.07, 6.45) is 1.80. The Morgan fingerprint density at radius 1 is 0.926 bits per heavy atom. The lowest BCUT2D eigenvalue weighted by atomic mass is 9.77. The standard InChI is InChI=1S/C24H25NO2/c1-3-18-25-23(19-14-16-22(27-2)17-15-19)24(26,20-10-6-4-7-11-20)21-12-8-5-9-13-21/h3-17,23,25-26H,1,18H2,2H3/t23-/m0/s1. The monoisotopic (exact) mass is 359 g/mol. The molecule has 0 saturated heterocycles. The van der Waals surface area contributed by atoms with Gasteiger partial charge in [-0.05, 0) is 28.8 Å². The van der Waals surface area contributed by atoms with Crippen molar-refractivity contribution in [3.63, 3.8) is 0 Å². The summed E-state index contributed by atoms with van der Waals surface area (Å²) in [5.74, 6) is 0.782. The van der Waals surface area contributed by atoms with Gasteiger partial charge in [-0.2, -0.15) is 0 Å². The van der Waals surface area contributed by atoms with Crippen LogP contribution in [-0.2, 0) is 5.60 Å². The number of benzene rings is 3. The minimum atomic E-state index is -1.25.